The van der Waals surface area contributed by atoms with Crippen molar-refractivity contribution in [3.05, 3.63) is 0 Å². The average molecular weight is 160 g/mol. The molecule has 11 heavy (non-hydrogen) atoms. The van der Waals surface area contributed by atoms with Gasteiger partial charge in [0.25, 0.3) is 0 Å². The van der Waals surface area contributed by atoms with Crippen molar-refractivity contribution in [3.8, 4) is 0 Å². The van der Waals surface area contributed by atoms with E-state index in [-0.39, 0.29) is 6.54 Å². The zero-order chi connectivity index (χ0) is 8.27. The van der Waals surface area contributed by atoms with Crippen molar-refractivity contribution in [2.24, 2.45) is 11.7 Å². The van der Waals surface area contributed by atoms with E-state index in [4.69, 9.17) is 5.73 Å². The maximum absolute atomic E-state index is 12.8. The third kappa shape index (κ3) is 2.75. The van der Waals surface area contributed by atoms with Gasteiger partial charge in [0.2, 0.25) is 0 Å². The van der Waals surface area contributed by atoms with Gasteiger partial charge in [0.1, 0.15) is 6.17 Å². The van der Waals surface area contributed by atoms with Crippen LogP contribution in [0.4, 0.5) is 4.39 Å². The molecule has 2 unspecified atom stereocenters. The molecule has 0 bridgehead atoms. The fraction of sp³-hybridized carbons (Fsp3) is 1.00. The monoisotopic (exact) mass is 160 g/mol. The van der Waals surface area contributed by atoms with Crippen molar-refractivity contribution >= 4 is 0 Å². The first-order chi connectivity index (χ1) is 5.22. The number of hydrogen-bond acceptors (Lipinski definition) is 2. The molecule has 2 nitrogen and oxygen atoms in total. The normalized spacial score (nSPS) is 29.2. The van der Waals surface area contributed by atoms with Gasteiger partial charge in [-0.1, -0.05) is 0 Å². The Hall–Kier alpha value is -0.150. The zero-order valence-corrected chi connectivity index (χ0v) is 7.09. The van der Waals surface area contributed by atoms with E-state index in [0.29, 0.717) is 12.3 Å². The van der Waals surface area contributed by atoms with E-state index in [0.717, 1.165) is 19.5 Å². The number of nitrogens with zero attached hydrogens (tertiary/aromatic N) is 1. The molecule has 3 heteroatoms. The Labute approximate surface area is 67.6 Å². The van der Waals surface area contributed by atoms with Crippen LogP contribution >= 0.6 is 0 Å². The van der Waals surface area contributed by atoms with Crippen molar-refractivity contribution in [1.29, 1.82) is 0 Å². The minimum Gasteiger partial charge on any atom is -0.328 e. The van der Waals surface area contributed by atoms with Gasteiger partial charge < -0.3 is 10.6 Å². The van der Waals surface area contributed by atoms with Crippen LogP contribution in [-0.4, -0.2) is 37.8 Å². The summed E-state index contributed by atoms with van der Waals surface area (Å²) < 4.78 is 12.8. The molecular formula is C8H17FN2. The molecule has 1 aliphatic rings. The number of halogens is 1. The molecule has 0 saturated carbocycles. The standard InChI is InChI=1S/C8H17FN2/c1-11-3-2-7(6-11)4-8(9)5-10/h7-8H,2-6,10H2,1H3. The fourth-order valence-electron chi connectivity index (χ4n) is 1.68. The topological polar surface area (TPSA) is 29.3 Å². The van der Waals surface area contributed by atoms with E-state index in [2.05, 4.69) is 11.9 Å². The van der Waals surface area contributed by atoms with Gasteiger partial charge in [-0.2, -0.15) is 0 Å². The van der Waals surface area contributed by atoms with E-state index < -0.39 is 6.17 Å². The Morgan fingerprint density at radius 2 is 2.45 bits per heavy atom. The molecule has 1 aliphatic heterocycles. The lowest BCUT2D eigenvalue weighted by Crippen LogP contribution is -2.21. The van der Waals surface area contributed by atoms with E-state index in [1.165, 1.54) is 0 Å². The number of likely N-dealkylation sites (tertiary alicyclic amines) is 1. The predicted octanol–water partition coefficient (Wildman–Crippen LogP) is 0.625. The molecular weight excluding hydrogens is 143 g/mol. The van der Waals surface area contributed by atoms with Gasteiger partial charge in [-0.3, -0.25) is 0 Å². The third-order valence-corrected chi connectivity index (χ3v) is 2.33. The molecule has 1 heterocycles. The van der Waals surface area contributed by atoms with E-state index in [1.807, 2.05) is 0 Å². The lowest BCUT2D eigenvalue weighted by Gasteiger charge is -2.11. The summed E-state index contributed by atoms with van der Waals surface area (Å²) in [5, 5.41) is 0. The molecule has 1 fully saturated rings. The Morgan fingerprint density at radius 3 is 2.91 bits per heavy atom. The highest BCUT2D eigenvalue weighted by Gasteiger charge is 2.21. The summed E-state index contributed by atoms with van der Waals surface area (Å²) in [5.74, 6) is 0.540. The van der Waals surface area contributed by atoms with Crippen LogP contribution in [0, 0.1) is 5.92 Å². The molecule has 0 aromatic rings. The van der Waals surface area contributed by atoms with Gasteiger partial charge in [0, 0.05) is 13.1 Å². The minimum atomic E-state index is -0.786. The van der Waals surface area contributed by atoms with Crippen molar-refractivity contribution < 1.29 is 4.39 Å². The Balaban J connectivity index is 2.17. The molecule has 0 aromatic carbocycles. The second-order valence-electron chi connectivity index (χ2n) is 3.49. The summed E-state index contributed by atoms with van der Waals surface area (Å²) in [7, 11) is 2.08. The fourth-order valence-corrected chi connectivity index (χ4v) is 1.68. The molecule has 0 spiro atoms. The van der Waals surface area contributed by atoms with Crippen molar-refractivity contribution in [2.75, 3.05) is 26.7 Å². The van der Waals surface area contributed by atoms with Gasteiger partial charge in [0.05, 0.1) is 0 Å². The molecule has 1 rings (SSSR count). The number of alkyl halides is 1. The third-order valence-electron chi connectivity index (χ3n) is 2.33. The van der Waals surface area contributed by atoms with E-state index in [1.54, 1.807) is 0 Å². The Kier molecular flexibility index (Phi) is 3.27. The number of hydrogen-bond donors (Lipinski definition) is 1. The maximum atomic E-state index is 12.8. The average Bonchev–Trinajstić information content (AvgIpc) is 2.35. The van der Waals surface area contributed by atoms with E-state index >= 15 is 0 Å². The van der Waals surface area contributed by atoms with Crippen LogP contribution in [0.1, 0.15) is 12.8 Å². The SMILES string of the molecule is CN1CCC(CC(F)CN)C1. The second-order valence-corrected chi connectivity index (χ2v) is 3.49. The zero-order valence-electron chi connectivity index (χ0n) is 7.09. The van der Waals surface area contributed by atoms with Crippen LogP contribution < -0.4 is 5.73 Å². The first kappa shape index (κ1) is 8.94. The smallest absolute Gasteiger partial charge is 0.113 e. The van der Waals surface area contributed by atoms with Crippen LogP contribution in [-0.2, 0) is 0 Å². The highest BCUT2D eigenvalue weighted by Crippen LogP contribution is 2.20. The maximum Gasteiger partial charge on any atom is 0.113 e. The predicted molar refractivity (Wildman–Crippen MR) is 44.2 cm³/mol. The van der Waals surface area contributed by atoms with Crippen molar-refractivity contribution in [2.45, 2.75) is 19.0 Å². The summed E-state index contributed by atoms with van der Waals surface area (Å²) in [6, 6.07) is 0. The molecule has 0 amide bonds. The quantitative estimate of drug-likeness (QED) is 0.656. The number of nitrogens with two attached hydrogens (primary N) is 1. The minimum absolute atomic E-state index is 0.181. The van der Waals surface area contributed by atoms with Crippen molar-refractivity contribution in [1.82, 2.24) is 4.90 Å². The lowest BCUT2D eigenvalue weighted by atomic mass is 10.0. The molecule has 0 aromatic heterocycles. The molecule has 0 aliphatic carbocycles. The Bertz CT molecular complexity index is 119. The highest BCUT2D eigenvalue weighted by molar-refractivity contribution is 4.75. The first-order valence-electron chi connectivity index (χ1n) is 4.25. The van der Waals surface area contributed by atoms with Crippen LogP contribution in [0.25, 0.3) is 0 Å². The highest BCUT2D eigenvalue weighted by atomic mass is 19.1. The molecule has 2 N–H and O–H groups in total. The molecule has 0 radical (unpaired) electrons. The van der Waals surface area contributed by atoms with Gasteiger partial charge >= 0.3 is 0 Å². The summed E-state index contributed by atoms with van der Waals surface area (Å²) in [6.45, 7) is 2.34. The van der Waals surface area contributed by atoms with Crippen LogP contribution in [0.15, 0.2) is 0 Å². The molecule has 66 valence electrons. The summed E-state index contributed by atoms with van der Waals surface area (Å²) in [5.41, 5.74) is 5.20. The van der Waals surface area contributed by atoms with E-state index in [9.17, 15) is 4.39 Å². The molecule has 1 saturated heterocycles. The summed E-state index contributed by atoms with van der Waals surface area (Å²) in [4.78, 5) is 2.24. The first-order valence-corrected chi connectivity index (χ1v) is 4.25. The largest absolute Gasteiger partial charge is 0.328 e. The van der Waals surface area contributed by atoms with Gasteiger partial charge in [0.15, 0.2) is 0 Å². The Morgan fingerprint density at radius 1 is 1.73 bits per heavy atom. The summed E-state index contributed by atoms with van der Waals surface area (Å²) >= 11 is 0. The van der Waals surface area contributed by atoms with Gasteiger partial charge in [-0.15, -0.1) is 0 Å². The summed E-state index contributed by atoms with van der Waals surface area (Å²) in [6.07, 6.45) is 1.00. The van der Waals surface area contributed by atoms with Crippen LogP contribution in [0.5, 0.6) is 0 Å². The van der Waals surface area contributed by atoms with Gasteiger partial charge in [-0.25, -0.2) is 4.39 Å². The van der Waals surface area contributed by atoms with Crippen LogP contribution in [0.2, 0.25) is 0 Å². The van der Waals surface area contributed by atoms with Crippen LogP contribution in [0.3, 0.4) is 0 Å². The van der Waals surface area contributed by atoms with Crippen molar-refractivity contribution in [3.63, 3.8) is 0 Å². The van der Waals surface area contributed by atoms with Gasteiger partial charge in [-0.05, 0) is 32.4 Å². The molecule has 2 atom stereocenters. The second kappa shape index (κ2) is 4.02. The lowest BCUT2D eigenvalue weighted by molar-refractivity contribution is 0.272. The number of rotatable bonds is 3.